The summed E-state index contributed by atoms with van der Waals surface area (Å²) in [6, 6.07) is 0. The van der Waals surface area contributed by atoms with Crippen LogP contribution in [0.1, 0.15) is 39.5 Å². The largest absolute Gasteiger partial charge is 0.657 e. The third kappa shape index (κ3) is 9.94. The minimum Gasteiger partial charge on any atom is -0.398 e. The van der Waals surface area contributed by atoms with Crippen molar-refractivity contribution in [1.29, 1.82) is 0 Å². The molecule has 0 aliphatic heterocycles. The Morgan fingerprint density at radius 2 is 1.11 bits per heavy atom. The molecule has 4 nitrogen and oxygen atoms in total. The predicted octanol–water partition coefficient (Wildman–Crippen LogP) is 3.06. The molecule has 0 saturated heterocycles. The summed E-state index contributed by atoms with van der Waals surface area (Å²) in [7, 11) is -5.37. The highest BCUT2D eigenvalue weighted by molar-refractivity contribution is 6.71. The van der Waals surface area contributed by atoms with Crippen molar-refractivity contribution in [3.63, 3.8) is 0 Å². The summed E-state index contributed by atoms with van der Waals surface area (Å²) in [4.78, 5) is 0. The van der Waals surface area contributed by atoms with Gasteiger partial charge >= 0.3 is 9.05 Å². The molecule has 0 aromatic heterocycles. The molecule has 0 heterocycles. The van der Waals surface area contributed by atoms with E-state index >= 15 is 0 Å². The van der Waals surface area contributed by atoms with E-state index in [1.165, 1.54) is 0 Å². The van der Waals surface area contributed by atoms with Crippen molar-refractivity contribution in [2.75, 3.05) is 13.2 Å². The van der Waals surface area contributed by atoms with E-state index in [4.69, 9.17) is 17.1 Å². The van der Waals surface area contributed by atoms with Gasteiger partial charge in [-0.25, -0.2) is 0 Å². The van der Waals surface area contributed by atoms with Gasteiger partial charge in [-0.2, -0.15) is 0 Å². The topological polar surface area (TPSA) is 36.9 Å². The predicted molar refractivity (Wildman–Crippen MR) is 87.4 cm³/mol. The van der Waals surface area contributed by atoms with Gasteiger partial charge in [-0.15, -0.1) is 0 Å². The van der Waals surface area contributed by atoms with Gasteiger partial charge in [0.05, 0.1) is 0 Å². The number of hydrogen-bond acceptors (Lipinski definition) is 4. The summed E-state index contributed by atoms with van der Waals surface area (Å²) in [5.74, 6) is 0. The summed E-state index contributed by atoms with van der Waals surface area (Å²) in [5.41, 5.74) is 0. The van der Waals surface area contributed by atoms with E-state index in [9.17, 15) is 0 Å². The fourth-order valence-corrected chi connectivity index (χ4v) is 8.77. The van der Waals surface area contributed by atoms with Gasteiger partial charge in [-0.3, -0.25) is 0 Å². The highest BCUT2D eigenvalue weighted by atomic mass is 28.5. The Kier molecular flexibility index (Phi) is 11.5. The summed E-state index contributed by atoms with van der Waals surface area (Å²) in [6.45, 7) is 14.2. The average molecular weight is 325 g/mol. The van der Waals surface area contributed by atoms with Crippen LogP contribution < -0.4 is 0 Å². The van der Waals surface area contributed by atoms with Crippen LogP contribution in [0.3, 0.4) is 0 Å². The van der Waals surface area contributed by atoms with Gasteiger partial charge < -0.3 is 17.1 Å². The van der Waals surface area contributed by atoms with Crippen molar-refractivity contribution in [3.8, 4) is 0 Å². The molecule has 0 bridgehead atoms. The van der Waals surface area contributed by atoms with E-state index in [1.807, 2.05) is 0 Å². The second-order valence-corrected chi connectivity index (χ2v) is 12.9. The summed E-state index contributed by atoms with van der Waals surface area (Å²) in [5, 5.41) is 0. The normalized spacial score (nSPS) is 12.6. The van der Waals surface area contributed by atoms with Crippen molar-refractivity contribution in [2.24, 2.45) is 0 Å². The van der Waals surface area contributed by atoms with Gasteiger partial charge in [0.15, 0.2) is 18.1 Å². The highest BCUT2D eigenvalue weighted by Crippen LogP contribution is 2.16. The van der Waals surface area contributed by atoms with Gasteiger partial charge in [-0.05, 0) is 39.0 Å². The molecule has 0 unspecified atom stereocenters. The minimum absolute atomic E-state index is 0.678. The fourth-order valence-electron chi connectivity index (χ4n) is 1.47. The summed E-state index contributed by atoms with van der Waals surface area (Å²) < 4.78 is 24.1. The lowest BCUT2D eigenvalue weighted by atomic mass is 10.4. The first kappa shape index (κ1) is 19.5. The van der Waals surface area contributed by atoms with Crippen LogP contribution >= 0.6 is 0 Å². The second kappa shape index (κ2) is 11.2. The lowest BCUT2D eigenvalue weighted by molar-refractivity contribution is 0.0387. The van der Waals surface area contributed by atoms with Gasteiger partial charge in [0.1, 0.15) is 0 Å². The molecule has 7 heteroatoms. The number of unbranched alkanes of at least 4 members (excludes halogenated alkanes) is 2. The molecule has 116 valence electrons. The van der Waals surface area contributed by atoms with E-state index < -0.39 is 27.1 Å². The maximum absolute atomic E-state index is 6.09. The second-order valence-electron chi connectivity index (χ2n) is 5.24. The highest BCUT2D eigenvalue weighted by Gasteiger charge is 2.46. The Balaban J connectivity index is 4.63. The first-order valence-corrected chi connectivity index (χ1v) is 14.8. The van der Waals surface area contributed by atoms with Gasteiger partial charge in [-0.1, -0.05) is 26.7 Å². The average Bonchev–Trinajstić information content (AvgIpc) is 2.27. The lowest BCUT2D eigenvalue weighted by Crippen LogP contribution is -2.54. The zero-order chi connectivity index (χ0) is 14.7. The Labute approximate surface area is 123 Å². The Bertz CT molecular complexity index is 193. The third-order valence-corrected chi connectivity index (χ3v) is 9.51. The van der Waals surface area contributed by atoms with Crippen molar-refractivity contribution in [2.45, 2.75) is 65.7 Å². The van der Waals surface area contributed by atoms with Crippen molar-refractivity contribution >= 4 is 27.1 Å². The smallest absolute Gasteiger partial charge is 0.398 e. The van der Waals surface area contributed by atoms with E-state index in [-0.39, 0.29) is 0 Å². The van der Waals surface area contributed by atoms with Crippen LogP contribution in [0.4, 0.5) is 0 Å². The first-order valence-electron chi connectivity index (χ1n) is 7.59. The van der Waals surface area contributed by atoms with E-state index in [1.54, 1.807) is 0 Å². The maximum Gasteiger partial charge on any atom is 0.657 e. The monoisotopic (exact) mass is 324 g/mol. The fraction of sp³-hybridized carbons (Fsp3) is 1.00. The minimum atomic E-state index is -2.87. The molecular weight excluding hydrogens is 292 g/mol. The molecule has 0 aromatic carbocycles. The summed E-state index contributed by atoms with van der Waals surface area (Å²) in [6.07, 6.45) is 4.27. The number of rotatable bonds is 12. The van der Waals surface area contributed by atoms with Crippen LogP contribution in [0, 0.1) is 0 Å². The molecular formula is C12H32O4Si3. The molecule has 0 radical (unpaired) electrons. The van der Waals surface area contributed by atoms with Crippen LogP contribution in [0.25, 0.3) is 0 Å². The van der Waals surface area contributed by atoms with Crippen LogP contribution in [0.15, 0.2) is 0 Å². The van der Waals surface area contributed by atoms with Crippen LogP contribution in [0.2, 0.25) is 26.2 Å². The van der Waals surface area contributed by atoms with Crippen LogP contribution in [-0.4, -0.2) is 40.3 Å². The molecule has 0 fully saturated rings. The van der Waals surface area contributed by atoms with E-state index in [0.29, 0.717) is 13.2 Å². The molecule has 0 N–H and O–H groups in total. The summed E-state index contributed by atoms with van der Waals surface area (Å²) >= 11 is 0. The third-order valence-electron chi connectivity index (χ3n) is 2.31. The van der Waals surface area contributed by atoms with Crippen molar-refractivity contribution in [1.82, 2.24) is 0 Å². The molecule has 0 spiro atoms. The molecule has 0 amide bonds. The standard InChI is InChI=1S/C12H32O4Si3/c1-7-9-11-13-19(15-17(3)4,16-18(5)6)14-12-10-8-2/h17-18H,7-12H2,1-6H3. The molecule has 0 rings (SSSR count). The Morgan fingerprint density at radius 3 is 1.37 bits per heavy atom. The SMILES string of the molecule is CCCCO[Si](OCCCC)(O[SiH](C)C)O[SiH](C)C. The number of hydrogen-bond donors (Lipinski definition) is 0. The van der Waals surface area contributed by atoms with Gasteiger partial charge in [0, 0.05) is 13.2 Å². The first-order chi connectivity index (χ1) is 8.95. The zero-order valence-corrected chi connectivity index (χ0v) is 16.8. The Hall–Kier alpha value is 0.491. The maximum atomic E-state index is 6.09. The van der Waals surface area contributed by atoms with E-state index in [2.05, 4.69) is 40.0 Å². The molecule has 0 aliphatic carbocycles. The van der Waals surface area contributed by atoms with Gasteiger partial charge in [0.2, 0.25) is 0 Å². The van der Waals surface area contributed by atoms with Crippen molar-refractivity contribution < 1.29 is 17.1 Å². The lowest BCUT2D eigenvalue weighted by Gasteiger charge is -2.31. The molecule has 0 atom stereocenters. The van der Waals surface area contributed by atoms with E-state index in [0.717, 1.165) is 25.7 Å². The quantitative estimate of drug-likeness (QED) is 0.408. The Morgan fingerprint density at radius 1 is 0.737 bits per heavy atom. The zero-order valence-electron chi connectivity index (χ0n) is 13.5. The van der Waals surface area contributed by atoms with Crippen molar-refractivity contribution in [3.05, 3.63) is 0 Å². The molecule has 0 aromatic rings. The molecule has 0 aliphatic rings. The molecule has 19 heavy (non-hydrogen) atoms. The van der Waals surface area contributed by atoms with Crippen LogP contribution in [-0.2, 0) is 17.1 Å². The van der Waals surface area contributed by atoms with Gasteiger partial charge in [0.25, 0.3) is 0 Å². The molecule has 0 saturated carbocycles. The van der Waals surface area contributed by atoms with Crippen LogP contribution in [0.5, 0.6) is 0 Å².